The van der Waals surface area contributed by atoms with Crippen LogP contribution in [0.15, 0.2) is 45.3 Å². The van der Waals surface area contributed by atoms with Gasteiger partial charge in [0.25, 0.3) is 15.9 Å². The van der Waals surface area contributed by atoms with E-state index in [4.69, 9.17) is 4.52 Å². The molecule has 0 fully saturated rings. The average molecular weight is 393 g/mol. The van der Waals surface area contributed by atoms with E-state index < -0.39 is 15.9 Å². The first kappa shape index (κ1) is 18.0. The molecule has 0 radical (unpaired) electrons. The number of hydrogen-bond donors (Lipinski definition) is 2. The molecule has 26 heavy (non-hydrogen) atoms. The van der Waals surface area contributed by atoms with Crippen LogP contribution in [-0.2, 0) is 10.0 Å². The fourth-order valence-electron chi connectivity index (χ4n) is 1.97. The second-order valence-electron chi connectivity index (χ2n) is 5.60. The summed E-state index contributed by atoms with van der Waals surface area (Å²) < 4.78 is 31.8. The smallest absolute Gasteiger partial charge is 0.294 e. The predicted octanol–water partition coefficient (Wildman–Crippen LogP) is 2.70. The van der Waals surface area contributed by atoms with Crippen LogP contribution in [0.5, 0.6) is 0 Å². The lowest BCUT2D eigenvalue weighted by Gasteiger charge is -2.06. The molecular weight excluding hydrogens is 378 g/mol. The maximum absolute atomic E-state index is 12.2. The van der Waals surface area contributed by atoms with E-state index in [0.717, 1.165) is 11.3 Å². The van der Waals surface area contributed by atoms with Crippen molar-refractivity contribution in [3.8, 4) is 0 Å². The lowest BCUT2D eigenvalue weighted by Crippen LogP contribution is -2.14. The summed E-state index contributed by atoms with van der Waals surface area (Å²) in [5, 5.41) is 13.8. The van der Waals surface area contributed by atoms with Crippen molar-refractivity contribution in [2.45, 2.75) is 24.7 Å². The van der Waals surface area contributed by atoms with E-state index in [1.165, 1.54) is 29.8 Å². The number of nitrogens with zero attached hydrogens (tertiary/aromatic N) is 3. The lowest BCUT2D eigenvalue weighted by atomic mass is 10.1. The van der Waals surface area contributed by atoms with E-state index in [2.05, 4.69) is 25.4 Å². The zero-order valence-electron chi connectivity index (χ0n) is 13.8. The molecule has 2 aromatic heterocycles. The molecule has 3 aromatic rings. The second-order valence-corrected chi connectivity index (χ2v) is 8.11. The molecule has 0 saturated heterocycles. The third kappa shape index (κ3) is 4.06. The van der Waals surface area contributed by atoms with E-state index in [0.29, 0.717) is 11.4 Å². The van der Waals surface area contributed by atoms with Crippen LogP contribution in [0.4, 0.5) is 10.8 Å². The van der Waals surface area contributed by atoms with Crippen LogP contribution in [-0.4, -0.2) is 29.7 Å². The summed E-state index contributed by atoms with van der Waals surface area (Å²) in [6.07, 6.45) is 0. The molecule has 136 valence electrons. The van der Waals surface area contributed by atoms with Crippen molar-refractivity contribution < 1.29 is 17.7 Å². The number of aromatic nitrogens is 3. The molecule has 0 atom stereocenters. The molecule has 0 aliphatic rings. The van der Waals surface area contributed by atoms with Gasteiger partial charge in [-0.1, -0.05) is 30.3 Å². The van der Waals surface area contributed by atoms with Crippen molar-refractivity contribution in [2.24, 2.45) is 0 Å². The van der Waals surface area contributed by atoms with Gasteiger partial charge in [0.15, 0.2) is 0 Å². The number of hydrogen-bond acceptors (Lipinski definition) is 8. The minimum Gasteiger partial charge on any atom is -0.351 e. The molecule has 0 spiro atoms. The first-order valence-corrected chi connectivity index (χ1v) is 9.88. The highest BCUT2D eigenvalue weighted by atomic mass is 32.2. The van der Waals surface area contributed by atoms with Gasteiger partial charge >= 0.3 is 0 Å². The van der Waals surface area contributed by atoms with Gasteiger partial charge in [0.05, 0.1) is 10.6 Å². The summed E-state index contributed by atoms with van der Waals surface area (Å²) in [7, 11) is -3.77. The third-order valence-electron chi connectivity index (χ3n) is 3.35. The van der Waals surface area contributed by atoms with E-state index in [1.54, 1.807) is 6.07 Å². The number of carbonyl (C=O) groups is 1. The highest BCUT2D eigenvalue weighted by Gasteiger charge is 2.17. The minimum atomic E-state index is -3.77. The molecule has 1 aromatic carbocycles. The third-order valence-corrected chi connectivity index (χ3v) is 5.44. The van der Waals surface area contributed by atoms with Crippen LogP contribution in [0.1, 0.15) is 36.0 Å². The Kier molecular flexibility index (Phi) is 5.00. The zero-order chi connectivity index (χ0) is 18.7. The molecule has 0 aliphatic heterocycles. The van der Waals surface area contributed by atoms with Crippen LogP contribution in [0.3, 0.4) is 0 Å². The van der Waals surface area contributed by atoms with Crippen LogP contribution in [0, 0.1) is 0 Å². The summed E-state index contributed by atoms with van der Waals surface area (Å²) >= 11 is 1.07. The van der Waals surface area contributed by atoms with Crippen molar-refractivity contribution in [1.82, 2.24) is 15.4 Å². The average Bonchev–Trinajstić information content (AvgIpc) is 3.26. The summed E-state index contributed by atoms with van der Waals surface area (Å²) in [5.74, 6) is -0.236. The molecule has 0 unspecified atom stereocenters. The van der Waals surface area contributed by atoms with Gasteiger partial charge in [0.2, 0.25) is 10.9 Å². The number of benzene rings is 1. The van der Waals surface area contributed by atoms with Crippen LogP contribution in [0.2, 0.25) is 0 Å². The predicted molar refractivity (Wildman–Crippen MR) is 95.7 cm³/mol. The quantitative estimate of drug-likeness (QED) is 0.659. The molecule has 11 heteroatoms. The number of nitrogens with one attached hydrogen (secondary N) is 2. The highest BCUT2D eigenvalue weighted by Crippen LogP contribution is 2.20. The normalized spacial score (nSPS) is 11.5. The van der Waals surface area contributed by atoms with Crippen LogP contribution < -0.4 is 10.0 Å². The minimum absolute atomic E-state index is 0.0347. The Morgan fingerprint density at radius 2 is 1.96 bits per heavy atom. The van der Waals surface area contributed by atoms with Crippen LogP contribution in [0.25, 0.3) is 0 Å². The van der Waals surface area contributed by atoms with Gasteiger partial charge in [-0.3, -0.25) is 9.52 Å². The Morgan fingerprint density at radius 1 is 1.23 bits per heavy atom. The lowest BCUT2D eigenvalue weighted by molar-refractivity contribution is 0.0987. The molecule has 0 bridgehead atoms. The molecule has 1 amide bonds. The Bertz CT molecular complexity index is 995. The van der Waals surface area contributed by atoms with Crippen molar-refractivity contribution in [3.05, 3.63) is 47.3 Å². The first-order chi connectivity index (χ1) is 12.3. The van der Waals surface area contributed by atoms with Crippen molar-refractivity contribution in [1.29, 1.82) is 0 Å². The fraction of sp³-hybridized carbons (Fsp3) is 0.200. The topological polar surface area (TPSA) is 127 Å². The van der Waals surface area contributed by atoms with Gasteiger partial charge in [-0.05, 0) is 30.2 Å². The molecular formula is C15H15N5O4S2. The Hall–Kier alpha value is -2.79. The van der Waals surface area contributed by atoms with E-state index in [-0.39, 0.29) is 21.7 Å². The fourth-order valence-corrected chi connectivity index (χ4v) is 3.66. The molecule has 0 saturated carbocycles. The number of carbonyl (C=O) groups excluding carboxylic acids is 1. The standard InChI is InChI=1S/C15H15N5O4S2/c1-9(2)12-7-13(24-19-12)14(21)17-10-3-5-11(6-4-10)26(22,23)20-15-18-16-8-25-15/h3-9H,1-2H3,(H,17,21)(H,18,20). The van der Waals surface area contributed by atoms with Crippen molar-refractivity contribution in [3.63, 3.8) is 0 Å². The number of amides is 1. The summed E-state index contributed by atoms with van der Waals surface area (Å²) in [6, 6.07) is 7.28. The van der Waals surface area contributed by atoms with Gasteiger partial charge in [-0.2, -0.15) is 0 Å². The maximum atomic E-state index is 12.2. The maximum Gasteiger partial charge on any atom is 0.294 e. The van der Waals surface area contributed by atoms with Gasteiger partial charge < -0.3 is 9.84 Å². The summed E-state index contributed by atoms with van der Waals surface area (Å²) in [5.41, 5.74) is 2.52. The monoisotopic (exact) mass is 393 g/mol. The van der Waals surface area contributed by atoms with E-state index in [9.17, 15) is 13.2 Å². The second kappa shape index (κ2) is 7.22. The Morgan fingerprint density at radius 3 is 2.54 bits per heavy atom. The number of anilines is 2. The first-order valence-electron chi connectivity index (χ1n) is 7.52. The largest absolute Gasteiger partial charge is 0.351 e. The van der Waals surface area contributed by atoms with E-state index in [1.807, 2.05) is 13.8 Å². The number of rotatable bonds is 6. The highest BCUT2D eigenvalue weighted by molar-refractivity contribution is 7.93. The summed E-state index contributed by atoms with van der Waals surface area (Å²) in [4.78, 5) is 12.2. The SMILES string of the molecule is CC(C)c1cc(C(=O)Nc2ccc(S(=O)(=O)Nc3nncs3)cc2)on1. The van der Waals surface area contributed by atoms with Gasteiger partial charge in [-0.25, -0.2) is 8.42 Å². The molecule has 2 heterocycles. The van der Waals surface area contributed by atoms with Crippen molar-refractivity contribution in [2.75, 3.05) is 10.0 Å². The Labute approximate surface area is 153 Å². The van der Waals surface area contributed by atoms with Gasteiger partial charge in [0.1, 0.15) is 5.51 Å². The Balaban J connectivity index is 1.70. The van der Waals surface area contributed by atoms with Gasteiger partial charge in [-0.15, -0.1) is 10.2 Å². The van der Waals surface area contributed by atoms with E-state index >= 15 is 0 Å². The number of sulfonamides is 1. The molecule has 2 N–H and O–H groups in total. The van der Waals surface area contributed by atoms with Gasteiger partial charge in [0, 0.05) is 11.8 Å². The molecule has 3 rings (SSSR count). The molecule has 0 aliphatic carbocycles. The summed E-state index contributed by atoms with van der Waals surface area (Å²) in [6.45, 7) is 3.88. The van der Waals surface area contributed by atoms with Crippen LogP contribution >= 0.6 is 11.3 Å². The molecule has 9 nitrogen and oxygen atoms in total. The zero-order valence-corrected chi connectivity index (χ0v) is 15.5. The van der Waals surface area contributed by atoms with Crippen molar-refractivity contribution >= 4 is 38.1 Å².